The summed E-state index contributed by atoms with van der Waals surface area (Å²) in [7, 11) is -3.72. The Bertz CT molecular complexity index is 884. The molecule has 0 spiro atoms. The fourth-order valence-corrected chi connectivity index (χ4v) is 4.46. The van der Waals surface area contributed by atoms with E-state index < -0.39 is 10.0 Å². The van der Waals surface area contributed by atoms with Gasteiger partial charge in [-0.1, -0.05) is 29.8 Å². The summed E-state index contributed by atoms with van der Waals surface area (Å²) in [5.74, 6) is -0.356. The monoisotopic (exact) mass is 343 g/mol. The van der Waals surface area contributed by atoms with E-state index in [2.05, 4.69) is 6.58 Å². The van der Waals surface area contributed by atoms with E-state index in [0.29, 0.717) is 17.7 Å². The van der Waals surface area contributed by atoms with E-state index in [-0.39, 0.29) is 16.8 Å². The van der Waals surface area contributed by atoms with Crippen molar-refractivity contribution < 1.29 is 12.8 Å². The molecule has 3 rings (SSSR count). The summed E-state index contributed by atoms with van der Waals surface area (Å²) in [6.45, 7) is 5.66. The van der Waals surface area contributed by atoms with Crippen LogP contribution in [0.4, 0.5) is 4.39 Å². The maximum absolute atomic E-state index is 13.2. The molecule has 5 heteroatoms. The van der Waals surface area contributed by atoms with E-state index in [4.69, 9.17) is 0 Å². The lowest BCUT2D eigenvalue weighted by Gasteiger charge is -2.27. The Morgan fingerprint density at radius 1 is 1.12 bits per heavy atom. The van der Waals surface area contributed by atoms with Gasteiger partial charge < -0.3 is 0 Å². The Kier molecular flexibility index (Phi) is 4.28. The molecule has 1 aliphatic rings. The largest absolute Gasteiger partial charge is 0.264 e. The maximum Gasteiger partial charge on any atom is 0.264 e. The van der Waals surface area contributed by atoms with Crippen LogP contribution in [0.3, 0.4) is 0 Å². The normalized spacial score (nSPS) is 17.7. The van der Waals surface area contributed by atoms with Crippen LogP contribution in [-0.2, 0) is 10.0 Å². The molecule has 0 bridgehead atoms. The summed E-state index contributed by atoms with van der Waals surface area (Å²) >= 11 is 0. The highest BCUT2D eigenvalue weighted by Crippen LogP contribution is 2.36. The molecular formula is C19H18FNO2S. The van der Waals surface area contributed by atoms with E-state index >= 15 is 0 Å². The highest BCUT2D eigenvalue weighted by Gasteiger charge is 2.35. The average Bonchev–Trinajstić information content (AvgIpc) is 3.01. The molecule has 3 nitrogen and oxygen atoms in total. The molecule has 1 aliphatic heterocycles. The quantitative estimate of drug-likeness (QED) is 0.783. The fourth-order valence-electron chi connectivity index (χ4n) is 2.79. The van der Waals surface area contributed by atoms with Crippen molar-refractivity contribution in [2.45, 2.75) is 24.3 Å². The second-order valence-corrected chi connectivity index (χ2v) is 7.56. The molecule has 24 heavy (non-hydrogen) atoms. The molecule has 0 aromatic heterocycles. The molecule has 0 N–H and O–H groups in total. The van der Waals surface area contributed by atoms with Crippen LogP contribution >= 0.6 is 0 Å². The maximum atomic E-state index is 13.2. The van der Waals surface area contributed by atoms with Gasteiger partial charge >= 0.3 is 0 Å². The first-order valence-corrected chi connectivity index (χ1v) is 9.07. The molecule has 0 saturated heterocycles. The molecule has 1 unspecified atom stereocenters. The van der Waals surface area contributed by atoms with Crippen LogP contribution in [0.2, 0.25) is 0 Å². The van der Waals surface area contributed by atoms with Crippen LogP contribution in [0.1, 0.15) is 17.5 Å². The van der Waals surface area contributed by atoms with Gasteiger partial charge in [0.25, 0.3) is 10.0 Å². The standard InChI is InChI=1S/C19H18FNO2S/c1-3-17-10-13-19(15-6-8-16(20)9-7-15)21(17)24(22,23)18-11-4-14(2)5-12-18/h3-9,11-13,17H,1,10H2,2H3. The Labute approximate surface area is 141 Å². The minimum atomic E-state index is -3.72. The van der Waals surface area contributed by atoms with Crippen molar-refractivity contribution >= 4 is 15.7 Å². The van der Waals surface area contributed by atoms with Crippen molar-refractivity contribution in [1.29, 1.82) is 0 Å². The summed E-state index contributed by atoms with van der Waals surface area (Å²) < 4.78 is 40.8. The van der Waals surface area contributed by atoms with Crippen molar-refractivity contribution in [2.24, 2.45) is 0 Å². The highest BCUT2D eigenvalue weighted by molar-refractivity contribution is 7.89. The second-order valence-electron chi connectivity index (χ2n) is 5.75. The molecular weight excluding hydrogens is 325 g/mol. The summed E-state index contributed by atoms with van der Waals surface area (Å²) in [5.41, 5.74) is 2.21. The summed E-state index contributed by atoms with van der Waals surface area (Å²) in [6, 6.07) is 12.2. The molecule has 0 amide bonds. The van der Waals surface area contributed by atoms with Gasteiger partial charge in [0.05, 0.1) is 16.6 Å². The van der Waals surface area contributed by atoms with Crippen molar-refractivity contribution in [3.8, 4) is 0 Å². The van der Waals surface area contributed by atoms with E-state index in [1.807, 2.05) is 13.0 Å². The van der Waals surface area contributed by atoms with Crippen LogP contribution in [0, 0.1) is 12.7 Å². The van der Waals surface area contributed by atoms with Gasteiger partial charge in [-0.05, 0) is 55.3 Å². The zero-order valence-corrected chi connectivity index (χ0v) is 14.1. The predicted octanol–water partition coefficient (Wildman–Crippen LogP) is 4.12. The van der Waals surface area contributed by atoms with Gasteiger partial charge in [-0.15, -0.1) is 6.58 Å². The smallest absolute Gasteiger partial charge is 0.259 e. The fraction of sp³-hybridized carbons (Fsp3) is 0.158. The Morgan fingerprint density at radius 2 is 1.75 bits per heavy atom. The number of hydrogen-bond acceptors (Lipinski definition) is 2. The van der Waals surface area contributed by atoms with Gasteiger partial charge in [-0.25, -0.2) is 12.8 Å². The Morgan fingerprint density at radius 3 is 2.33 bits per heavy atom. The van der Waals surface area contributed by atoms with E-state index in [9.17, 15) is 12.8 Å². The number of hydrogen-bond donors (Lipinski definition) is 0. The van der Waals surface area contributed by atoms with E-state index in [1.54, 1.807) is 42.5 Å². The average molecular weight is 343 g/mol. The third-order valence-electron chi connectivity index (χ3n) is 4.08. The molecule has 0 fully saturated rings. The minimum absolute atomic E-state index is 0.231. The summed E-state index contributed by atoms with van der Waals surface area (Å²) in [4.78, 5) is 0.231. The number of benzene rings is 2. The lowest BCUT2D eigenvalue weighted by molar-refractivity contribution is 0.483. The summed E-state index contributed by atoms with van der Waals surface area (Å²) in [6.07, 6.45) is 4.02. The number of sulfonamides is 1. The third kappa shape index (κ3) is 2.87. The molecule has 0 saturated carbocycles. The van der Waals surface area contributed by atoms with Gasteiger partial charge in [0.15, 0.2) is 0 Å². The van der Waals surface area contributed by atoms with Crippen LogP contribution in [0.5, 0.6) is 0 Å². The number of halogens is 1. The zero-order valence-electron chi connectivity index (χ0n) is 13.3. The second kappa shape index (κ2) is 6.24. The Hall–Kier alpha value is -2.40. The lowest BCUT2D eigenvalue weighted by Crippen LogP contribution is -2.34. The van der Waals surface area contributed by atoms with Gasteiger partial charge in [0.2, 0.25) is 0 Å². The highest BCUT2D eigenvalue weighted by atomic mass is 32.2. The van der Waals surface area contributed by atoms with Crippen molar-refractivity contribution in [1.82, 2.24) is 4.31 Å². The molecule has 2 aromatic rings. The number of rotatable bonds is 4. The van der Waals surface area contributed by atoms with Crippen LogP contribution < -0.4 is 0 Å². The van der Waals surface area contributed by atoms with Crippen molar-refractivity contribution in [2.75, 3.05) is 0 Å². The molecule has 1 atom stereocenters. The van der Waals surface area contributed by atoms with E-state index in [0.717, 1.165) is 5.56 Å². The topological polar surface area (TPSA) is 37.4 Å². The number of nitrogens with zero attached hydrogens (tertiary/aromatic N) is 1. The molecule has 0 aliphatic carbocycles. The van der Waals surface area contributed by atoms with Gasteiger partial charge in [0, 0.05) is 0 Å². The lowest BCUT2D eigenvalue weighted by atomic mass is 10.1. The van der Waals surface area contributed by atoms with Crippen molar-refractivity contribution in [3.63, 3.8) is 0 Å². The molecule has 2 aromatic carbocycles. The summed E-state index contributed by atoms with van der Waals surface area (Å²) in [5, 5.41) is 0. The SMILES string of the molecule is C=CC1CC=C(c2ccc(F)cc2)N1S(=O)(=O)c1ccc(C)cc1. The van der Waals surface area contributed by atoms with E-state index in [1.165, 1.54) is 16.4 Å². The van der Waals surface area contributed by atoms with Crippen molar-refractivity contribution in [3.05, 3.63) is 84.2 Å². The molecule has 0 radical (unpaired) electrons. The first kappa shape index (κ1) is 16.5. The van der Waals surface area contributed by atoms with Gasteiger partial charge in [-0.3, -0.25) is 4.31 Å². The number of aryl methyl sites for hydroxylation is 1. The molecule has 1 heterocycles. The van der Waals surface area contributed by atoms with Gasteiger partial charge in [0.1, 0.15) is 5.82 Å². The van der Waals surface area contributed by atoms with Gasteiger partial charge in [-0.2, -0.15) is 0 Å². The predicted molar refractivity (Wildman–Crippen MR) is 93.2 cm³/mol. The first-order valence-electron chi connectivity index (χ1n) is 7.63. The molecule has 124 valence electrons. The van der Waals surface area contributed by atoms with Crippen LogP contribution in [0.25, 0.3) is 5.70 Å². The minimum Gasteiger partial charge on any atom is -0.259 e. The first-order chi connectivity index (χ1) is 11.4. The van der Waals surface area contributed by atoms with Crippen LogP contribution in [-0.4, -0.2) is 18.8 Å². The third-order valence-corrected chi connectivity index (χ3v) is 5.93. The zero-order chi connectivity index (χ0) is 17.3. The Balaban J connectivity index is 2.07. The van der Waals surface area contributed by atoms with Crippen LogP contribution in [0.15, 0.2) is 72.2 Å².